The molecule has 5 aromatic rings. The van der Waals surface area contributed by atoms with Crippen molar-refractivity contribution in [1.29, 1.82) is 0 Å². The summed E-state index contributed by atoms with van der Waals surface area (Å²) in [5, 5.41) is 2.32. The van der Waals surface area contributed by atoms with E-state index >= 15 is 0 Å². The maximum Gasteiger partial charge on any atom is 0.256 e. The number of amides is 1. The van der Waals surface area contributed by atoms with Gasteiger partial charge < -0.3 is 23.7 Å². The molecule has 3 aromatic carbocycles. The summed E-state index contributed by atoms with van der Waals surface area (Å²) in [6.07, 6.45) is 7.03. The van der Waals surface area contributed by atoms with Crippen LogP contribution in [0, 0.1) is 6.92 Å². The second kappa shape index (κ2) is 12.8. The summed E-state index contributed by atoms with van der Waals surface area (Å²) in [5.41, 5.74) is 5.13. The van der Waals surface area contributed by atoms with E-state index in [1.54, 1.807) is 0 Å². The van der Waals surface area contributed by atoms with Crippen molar-refractivity contribution in [2.45, 2.75) is 33.0 Å². The Bertz CT molecular complexity index is 1640. The van der Waals surface area contributed by atoms with E-state index in [0.29, 0.717) is 19.8 Å². The van der Waals surface area contributed by atoms with E-state index in [1.807, 2.05) is 42.4 Å². The van der Waals surface area contributed by atoms with E-state index in [0.717, 1.165) is 72.7 Å². The van der Waals surface area contributed by atoms with Crippen molar-refractivity contribution in [3.8, 4) is 11.1 Å². The molecule has 0 aliphatic carbocycles. The molecule has 1 fully saturated rings. The molecule has 2 aromatic heterocycles. The van der Waals surface area contributed by atoms with Crippen LogP contribution in [0.1, 0.15) is 33.9 Å². The monoisotopic (exact) mass is 561 g/mol. The van der Waals surface area contributed by atoms with Crippen LogP contribution < -0.4 is 0 Å². The Kier molecular flexibility index (Phi) is 8.49. The van der Waals surface area contributed by atoms with Gasteiger partial charge in [0.25, 0.3) is 5.91 Å². The van der Waals surface area contributed by atoms with Gasteiger partial charge in [0.05, 0.1) is 30.6 Å². The minimum absolute atomic E-state index is 0.102. The highest BCUT2D eigenvalue weighted by molar-refractivity contribution is 6.06. The van der Waals surface area contributed by atoms with E-state index < -0.39 is 0 Å². The van der Waals surface area contributed by atoms with Crippen molar-refractivity contribution >= 4 is 16.7 Å². The number of aromatic nitrogens is 3. The van der Waals surface area contributed by atoms with E-state index in [1.165, 1.54) is 10.9 Å². The minimum atomic E-state index is 0.102. The fraction of sp³-hybridized carbons (Fsp3) is 0.314. The third-order valence-corrected chi connectivity index (χ3v) is 8.24. The van der Waals surface area contributed by atoms with Crippen LogP contribution in [0.25, 0.3) is 21.9 Å². The van der Waals surface area contributed by atoms with Crippen molar-refractivity contribution in [3.63, 3.8) is 0 Å². The highest BCUT2D eigenvalue weighted by atomic mass is 16.5. The van der Waals surface area contributed by atoms with E-state index in [-0.39, 0.29) is 5.91 Å². The lowest BCUT2D eigenvalue weighted by molar-refractivity contribution is 0.0665. The van der Waals surface area contributed by atoms with Crippen LogP contribution in [0.3, 0.4) is 0 Å². The molecule has 3 heterocycles. The first kappa shape index (κ1) is 27.9. The van der Waals surface area contributed by atoms with E-state index in [9.17, 15) is 4.79 Å². The number of nitrogens with zero attached hydrogens (tertiary/aromatic N) is 5. The molecular weight excluding hydrogens is 522 g/mol. The van der Waals surface area contributed by atoms with Gasteiger partial charge in [0.2, 0.25) is 0 Å². The summed E-state index contributed by atoms with van der Waals surface area (Å²) in [6.45, 7) is 8.11. The third-order valence-electron chi connectivity index (χ3n) is 8.24. The molecule has 0 bridgehead atoms. The van der Waals surface area contributed by atoms with Crippen molar-refractivity contribution in [2.75, 3.05) is 39.8 Å². The number of aryl methyl sites for hydroxylation is 1. The summed E-state index contributed by atoms with van der Waals surface area (Å²) >= 11 is 0. The van der Waals surface area contributed by atoms with Gasteiger partial charge in [0.15, 0.2) is 0 Å². The molecule has 6 rings (SSSR count). The van der Waals surface area contributed by atoms with Crippen LogP contribution in [-0.4, -0.2) is 69.7 Å². The zero-order chi connectivity index (χ0) is 28.9. The molecule has 0 radical (unpaired) electrons. The third kappa shape index (κ3) is 6.17. The Hall–Kier alpha value is -4.20. The van der Waals surface area contributed by atoms with Crippen LogP contribution in [0.15, 0.2) is 91.4 Å². The van der Waals surface area contributed by atoms with E-state index in [2.05, 4.69) is 86.9 Å². The average molecular weight is 562 g/mol. The number of fused-ring (bicyclic) bond motifs is 1. The molecule has 42 heavy (non-hydrogen) atoms. The van der Waals surface area contributed by atoms with Crippen LogP contribution in [0.5, 0.6) is 0 Å². The Balaban J connectivity index is 1.24. The zero-order valence-corrected chi connectivity index (χ0v) is 24.6. The smallest absolute Gasteiger partial charge is 0.256 e. The fourth-order valence-corrected chi connectivity index (χ4v) is 5.85. The van der Waals surface area contributed by atoms with Gasteiger partial charge in [-0.25, -0.2) is 4.98 Å². The molecule has 1 aliphatic rings. The first-order valence-electron chi connectivity index (χ1n) is 14.9. The lowest BCUT2D eigenvalue weighted by atomic mass is 9.97. The molecule has 0 N–H and O–H groups in total. The molecule has 7 heteroatoms. The number of hydrogen-bond acceptors (Lipinski definition) is 4. The lowest BCUT2D eigenvalue weighted by Crippen LogP contribution is -2.47. The standard InChI is InChI=1S/C35H39N5O2/c1-27-36-22-30(40(27)16-9-21-42-26-28-10-4-3-5-11-28)23-38-24-33(32-15-8-13-29-12-6-7-14-31(29)32)34(25-38)35(41)39-19-17-37(2)18-20-39/h3-8,10-15,22,24-25H,9,16-21,23,26H2,1-2H3. The largest absolute Gasteiger partial charge is 0.377 e. The minimum Gasteiger partial charge on any atom is -0.377 e. The Morgan fingerprint density at radius 1 is 0.881 bits per heavy atom. The van der Waals surface area contributed by atoms with Crippen molar-refractivity contribution in [3.05, 3.63) is 114 Å². The van der Waals surface area contributed by atoms with Gasteiger partial charge in [0.1, 0.15) is 5.82 Å². The Morgan fingerprint density at radius 3 is 2.48 bits per heavy atom. The number of ether oxygens (including phenoxy) is 1. The molecule has 0 spiro atoms. The molecule has 216 valence electrons. The fourth-order valence-electron chi connectivity index (χ4n) is 5.85. The first-order valence-corrected chi connectivity index (χ1v) is 14.9. The van der Waals surface area contributed by atoms with E-state index in [4.69, 9.17) is 4.74 Å². The number of likely N-dealkylation sites (N-methyl/N-ethyl adjacent to an activating group) is 1. The quantitative estimate of drug-likeness (QED) is 0.201. The van der Waals surface area contributed by atoms with Gasteiger partial charge in [-0.1, -0.05) is 72.8 Å². The molecule has 0 saturated carbocycles. The first-order chi connectivity index (χ1) is 20.6. The zero-order valence-electron chi connectivity index (χ0n) is 24.6. The number of carbonyl (C=O) groups excluding carboxylic acids is 1. The van der Waals surface area contributed by atoms with Crippen LogP contribution >= 0.6 is 0 Å². The number of piperazine rings is 1. The number of carbonyl (C=O) groups is 1. The summed E-state index contributed by atoms with van der Waals surface area (Å²) in [5.74, 6) is 1.09. The molecule has 1 amide bonds. The molecule has 0 atom stereocenters. The molecule has 7 nitrogen and oxygen atoms in total. The van der Waals surface area contributed by atoms with Crippen molar-refractivity contribution < 1.29 is 9.53 Å². The van der Waals surface area contributed by atoms with Gasteiger partial charge in [0, 0.05) is 57.3 Å². The van der Waals surface area contributed by atoms with Crippen LogP contribution in [0.2, 0.25) is 0 Å². The molecular formula is C35H39N5O2. The predicted octanol–water partition coefficient (Wildman–Crippen LogP) is 5.86. The van der Waals surface area contributed by atoms with Crippen LogP contribution in [-0.2, 0) is 24.4 Å². The highest BCUT2D eigenvalue weighted by Crippen LogP contribution is 2.33. The Morgan fingerprint density at radius 2 is 1.64 bits per heavy atom. The maximum atomic E-state index is 13.9. The average Bonchev–Trinajstić information content (AvgIpc) is 3.60. The molecule has 1 aliphatic heterocycles. The maximum absolute atomic E-state index is 13.9. The predicted molar refractivity (Wildman–Crippen MR) is 168 cm³/mol. The summed E-state index contributed by atoms with van der Waals surface area (Å²) in [6, 6.07) is 25.0. The summed E-state index contributed by atoms with van der Waals surface area (Å²) in [4.78, 5) is 22.8. The summed E-state index contributed by atoms with van der Waals surface area (Å²) in [7, 11) is 2.11. The summed E-state index contributed by atoms with van der Waals surface area (Å²) < 4.78 is 10.3. The van der Waals surface area contributed by atoms with Gasteiger partial charge in [-0.05, 0) is 42.3 Å². The number of benzene rings is 3. The van der Waals surface area contributed by atoms with Gasteiger partial charge in [-0.2, -0.15) is 0 Å². The van der Waals surface area contributed by atoms with Gasteiger partial charge >= 0.3 is 0 Å². The van der Waals surface area contributed by atoms with Crippen molar-refractivity contribution in [1.82, 2.24) is 23.9 Å². The molecule has 0 unspecified atom stereocenters. The lowest BCUT2D eigenvalue weighted by Gasteiger charge is -2.32. The van der Waals surface area contributed by atoms with Crippen LogP contribution in [0.4, 0.5) is 0 Å². The SMILES string of the molecule is Cc1ncc(Cn2cc(C(=O)N3CCN(C)CC3)c(-c3cccc4ccccc34)c2)n1CCCOCc1ccccc1. The molecule has 1 saturated heterocycles. The second-order valence-electron chi connectivity index (χ2n) is 11.2. The topological polar surface area (TPSA) is 55.5 Å². The normalized spacial score (nSPS) is 14.1. The number of hydrogen-bond donors (Lipinski definition) is 0. The number of imidazole rings is 1. The van der Waals surface area contributed by atoms with Gasteiger partial charge in [-0.15, -0.1) is 0 Å². The Labute approximate surface area is 248 Å². The highest BCUT2D eigenvalue weighted by Gasteiger charge is 2.25. The van der Waals surface area contributed by atoms with Gasteiger partial charge in [-0.3, -0.25) is 4.79 Å². The second-order valence-corrected chi connectivity index (χ2v) is 11.2. The number of rotatable bonds is 10. The van der Waals surface area contributed by atoms with Crippen molar-refractivity contribution in [2.24, 2.45) is 0 Å².